The molecule has 1 heterocycles. The van der Waals surface area contributed by atoms with Crippen molar-refractivity contribution in [2.45, 2.75) is 32.1 Å². The first-order valence-corrected chi connectivity index (χ1v) is 9.11. The van der Waals surface area contributed by atoms with E-state index in [1.807, 2.05) is 11.9 Å². The Kier molecular flexibility index (Phi) is 7.73. The molecule has 0 aromatic heterocycles. The van der Waals surface area contributed by atoms with E-state index in [1.54, 1.807) is 31.4 Å². The number of quaternary nitrogens is 1. The molecule has 1 fully saturated rings. The summed E-state index contributed by atoms with van der Waals surface area (Å²) in [6.07, 6.45) is 5.86. The molecule has 1 aromatic rings. The van der Waals surface area contributed by atoms with Gasteiger partial charge in [-0.2, -0.15) is 0 Å². The number of likely N-dealkylation sites (N-methyl/N-ethyl adjacent to an activating group) is 1. The Morgan fingerprint density at radius 2 is 1.64 bits per heavy atom. The summed E-state index contributed by atoms with van der Waals surface area (Å²) in [6, 6.07) is 7.21. The average molecular weight is 348 g/mol. The van der Waals surface area contributed by atoms with Crippen molar-refractivity contribution in [3.05, 3.63) is 24.3 Å². The Balaban J connectivity index is 1.76. The van der Waals surface area contributed by atoms with Gasteiger partial charge in [0, 0.05) is 18.8 Å². The average Bonchev–Trinajstić information content (AvgIpc) is 2.54. The lowest BCUT2D eigenvalue weighted by Gasteiger charge is -2.25. The van der Waals surface area contributed by atoms with Gasteiger partial charge in [0.25, 0.3) is 11.8 Å². The van der Waals surface area contributed by atoms with Crippen LogP contribution < -0.4 is 15.0 Å². The van der Waals surface area contributed by atoms with Crippen LogP contribution in [-0.2, 0) is 9.59 Å². The SMILES string of the molecule is COc1ccc(NC(=O)C[NH+](C)CC(=O)N2CCCCCCC2)cc1. The molecule has 1 unspecified atom stereocenters. The lowest BCUT2D eigenvalue weighted by Crippen LogP contribution is -3.11. The third-order valence-corrected chi connectivity index (χ3v) is 4.50. The fourth-order valence-corrected chi connectivity index (χ4v) is 3.08. The third-order valence-electron chi connectivity index (χ3n) is 4.50. The molecular formula is C19H30N3O3+. The van der Waals surface area contributed by atoms with Crippen molar-refractivity contribution in [2.75, 3.05) is 45.7 Å². The zero-order chi connectivity index (χ0) is 18.1. The molecule has 0 aliphatic carbocycles. The molecule has 1 aliphatic heterocycles. The molecule has 25 heavy (non-hydrogen) atoms. The van der Waals surface area contributed by atoms with Gasteiger partial charge >= 0.3 is 0 Å². The third kappa shape index (κ3) is 6.74. The number of carbonyl (C=O) groups excluding carboxylic acids is 2. The lowest BCUT2D eigenvalue weighted by atomic mass is 10.1. The normalized spacial score (nSPS) is 16.5. The fraction of sp³-hybridized carbons (Fsp3) is 0.579. The van der Waals surface area contributed by atoms with Crippen LogP contribution >= 0.6 is 0 Å². The maximum atomic E-state index is 12.4. The largest absolute Gasteiger partial charge is 0.497 e. The van der Waals surface area contributed by atoms with Crippen molar-refractivity contribution in [3.8, 4) is 5.75 Å². The molecule has 6 nitrogen and oxygen atoms in total. The number of benzene rings is 1. The van der Waals surface area contributed by atoms with E-state index in [2.05, 4.69) is 5.32 Å². The van der Waals surface area contributed by atoms with Gasteiger partial charge in [-0.25, -0.2) is 0 Å². The number of nitrogens with zero attached hydrogens (tertiary/aromatic N) is 1. The summed E-state index contributed by atoms with van der Waals surface area (Å²) in [6.45, 7) is 2.33. The highest BCUT2D eigenvalue weighted by molar-refractivity contribution is 5.91. The van der Waals surface area contributed by atoms with E-state index >= 15 is 0 Å². The second-order valence-corrected chi connectivity index (χ2v) is 6.74. The minimum atomic E-state index is -0.0943. The van der Waals surface area contributed by atoms with Gasteiger partial charge in [-0.15, -0.1) is 0 Å². The van der Waals surface area contributed by atoms with Crippen molar-refractivity contribution in [3.63, 3.8) is 0 Å². The number of methoxy groups -OCH3 is 1. The van der Waals surface area contributed by atoms with Crippen LogP contribution in [0.5, 0.6) is 5.75 Å². The number of hydrogen-bond acceptors (Lipinski definition) is 3. The van der Waals surface area contributed by atoms with Crippen LogP contribution in [0.3, 0.4) is 0 Å². The minimum Gasteiger partial charge on any atom is -0.497 e. The number of carbonyl (C=O) groups is 2. The lowest BCUT2D eigenvalue weighted by molar-refractivity contribution is -0.862. The summed E-state index contributed by atoms with van der Waals surface area (Å²) in [5.41, 5.74) is 0.730. The fourth-order valence-electron chi connectivity index (χ4n) is 3.08. The molecule has 2 N–H and O–H groups in total. The summed E-state index contributed by atoms with van der Waals surface area (Å²) in [5, 5.41) is 2.85. The first-order chi connectivity index (χ1) is 12.1. The molecule has 0 bridgehead atoms. The predicted octanol–water partition coefficient (Wildman–Crippen LogP) is 0.941. The van der Waals surface area contributed by atoms with Gasteiger partial charge in [0.15, 0.2) is 13.1 Å². The first kappa shape index (κ1) is 19.2. The van der Waals surface area contributed by atoms with Gasteiger partial charge < -0.3 is 19.9 Å². The van der Waals surface area contributed by atoms with Crippen molar-refractivity contribution in [2.24, 2.45) is 0 Å². The van der Waals surface area contributed by atoms with E-state index in [9.17, 15) is 9.59 Å². The van der Waals surface area contributed by atoms with Crippen molar-refractivity contribution < 1.29 is 19.2 Å². The Labute approximate surface area is 150 Å². The molecule has 2 amide bonds. The molecule has 1 aliphatic rings. The van der Waals surface area contributed by atoms with Crippen LogP contribution in [0.2, 0.25) is 0 Å². The van der Waals surface area contributed by atoms with Crippen molar-refractivity contribution in [1.29, 1.82) is 0 Å². The van der Waals surface area contributed by atoms with Gasteiger partial charge in [0.1, 0.15) is 5.75 Å². The van der Waals surface area contributed by atoms with Crippen LogP contribution in [0.15, 0.2) is 24.3 Å². The Morgan fingerprint density at radius 3 is 2.24 bits per heavy atom. The highest BCUT2D eigenvalue weighted by atomic mass is 16.5. The number of ether oxygens (including phenoxy) is 1. The zero-order valence-electron chi connectivity index (χ0n) is 15.3. The van der Waals surface area contributed by atoms with Crippen LogP contribution in [0, 0.1) is 0 Å². The molecule has 2 rings (SSSR count). The maximum Gasteiger partial charge on any atom is 0.279 e. The van der Waals surface area contributed by atoms with Crippen molar-refractivity contribution >= 4 is 17.5 Å². The molecule has 6 heteroatoms. The predicted molar refractivity (Wildman–Crippen MR) is 97.9 cm³/mol. The molecule has 1 atom stereocenters. The number of anilines is 1. The molecule has 0 spiro atoms. The minimum absolute atomic E-state index is 0.0943. The zero-order valence-corrected chi connectivity index (χ0v) is 15.3. The van der Waals surface area contributed by atoms with E-state index in [1.165, 1.54) is 19.3 Å². The Morgan fingerprint density at radius 1 is 1.04 bits per heavy atom. The van der Waals surface area contributed by atoms with E-state index in [0.717, 1.165) is 42.3 Å². The van der Waals surface area contributed by atoms with Crippen LogP contribution in [0.1, 0.15) is 32.1 Å². The molecule has 1 saturated heterocycles. The van der Waals surface area contributed by atoms with Crippen LogP contribution in [-0.4, -0.2) is 57.1 Å². The smallest absolute Gasteiger partial charge is 0.279 e. The quantitative estimate of drug-likeness (QED) is 0.804. The monoisotopic (exact) mass is 348 g/mol. The second kappa shape index (κ2) is 10.0. The number of nitrogens with one attached hydrogen (secondary N) is 2. The second-order valence-electron chi connectivity index (χ2n) is 6.74. The number of amides is 2. The Bertz CT molecular complexity index is 552. The van der Waals surface area contributed by atoms with E-state index in [0.29, 0.717) is 6.54 Å². The number of rotatable bonds is 6. The maximum absolute atomic E-state index is 12.4. The highest BCUT2D eigenvalue weighted by Crippen LogP contribution is 2.14. The topological polar surface area (TPSA) is 63.1 Å². The highest BCUT2D eigenvalue weighted by Gasteiger charge is 2.20. The molecule has 0 radical (unpaired) electrons. The molecule has 0 saturated carbocycles. The summed E-state index contributed by atoms with van der Waals surface area (Å²) < 4.78 is 5.10. The van der Waals surface area contributed by atoms with E-state index in [4.69, 9.17) is 4.74 Å². The Hall–Kier alpha value is -2.08. The summed E-state index contributed by atoms with van der Waals surface area (Å²) in [5.74, 6) is 0.805. The van der Waals surface area contributed by atoms with Gasteiger partial charge in [-0.3, -0.25) is 9.59 Å². The standard InChI is InChI=1S/C19H29N3O3/c1-21(15-19(24)22-12-6-4-3-5-7-13-22)14-18(23)20-16-8-10-17(25-2)11-9-16/h8-11H,3-7,12-15H2,1-2H3,(H,20,23)/p+1. The first-order valence-electron chi connectivity index (χ1n) is 9.11. The van der Waals surface area contributed by atoms with Gasteiger partial charge in [-0.05, 0) is 37.1 Å². The van der Waals surface area contributed by atoms with Gasteiger partial charge in [0.2, 0.25) is 0 Å². The summed E-state index contributed by atoms with van der Waals surface area (Å²) >= 11 is 0. The van der Waals surface area contributed by atoms with Crippen molar-refractivity contribution in [1.82, 2.24) is 4.90 Å². The van der Waals surface area contributed by atoms with Gasteiger partial charge in [0.05, 0.1) is 14.2 Å². The van der Waals surface area contributed by atoms with E-state index in [-0.39, 0.29) is 18.4 Å². The van der Waals surface area contributed by atoms with E-state index < -0.39 is 0 Å². The van der Waals surface area contributed by atoms with Crippen LogP contribution in [0.25, 0.3) is 0 Å². The van der Waals surface area contributed by atoms with Gasteiger partial charge in [-0.1, -0.05) is 19.3 Å². The molecule has 1 aromatic carbocycles. The summed E-state index contributed by atoms with van der Waals surface area (Å²) in [4.78, 5) is 27.5. The molecular weight excluding hydrogens is 318 g/mol. The number of likely N-dealkylation sites (tertiary alicyclic amines) is 1. The summed E-state index contributed by atoms with van der Waals surface area (Å²) in [7, 11) is 3.49. The number of hydrogen-bond donors (Lipinski definition) is 2. The molecule has 138 valence electrons. The van der Waals surface area contributed by atoms with Crippen LogP contribution in [0.4, 0.5) is 5.69 Å².